The van der Waals surface area contributed by atoms with Crippen LogP contribution in [0.15, 0.2) is 36.4 Å². The van der Waals surface area contributed by atoms with Gasteiger partial charge in [0.15, 0.2) is 5.13 Å². The van der Waals surface area contributed by atoms with Gasteiger partial charge in [-0.1, -0.05) is 18.2 Å². The summed E-state index contributed by atoms with van der Waals surface area (Å²) in [4.78, 5) is 58.6. The zero-order chi connectivity index (χ0) is 29.2. The van der Waals surface area contributed by atoms with Crippen LogP contribution in [0.5, 0.6) is 5.75 Å². The first-order valence-corrected chi connectivity index (χ1v) is 14.8. The number of amides is 4. The molecule has 11 nitrogen and oxygen atoms in total. The molecule has 1 fully saturated rings. The molecule has 2 aliphatic heterocycles. The second kappa shape index (κ2) is 14.2. The predicted molar refractivity (Wildman–Crippen MR) is 157 cm³/mol. The number of allylic oxidation sites excluding steroid dienone is 1. The minimum absolute atomic E-state index is 0.0772. The van der Waals surface area contributed by atoms with E-state index in [1.165, 1.54) is 17.4 Å². The third kappa shape index (κ3) is 8.37. The fourth-order valence-corrected chi connectivity index (χ4v) is 5.72. The number of anilines is 1. The average Bonchev–Trinajstić information content (AvgIpc) is 3.27. The topological polar surface area (TPSA) is 142 Å². The molecule has 12 heteroatoms. The fourth-order valence-electron chi connectivity index (χ4n) is 4.89. The molecule has 0 unspecified atom stereocenters. The Labute approximate surface area is 244 Å². The molecule has 0 saturated carbocycles. The van der Waals surface area contributed by atoms with E-state index in [4.69, 9.17) is 4.74 Å². The van der Waals surface area contributed by atoms with Gasteiger partial charge in [-0.2, -0.15) is 0 Å². The van der Waals surface area contributed by atoms with E-state index < -0.39 is 5.41 Å². The van der Waals surface area contributed by atoms with Gasteiger partial charge in [0.2, 0.25) is 17.7 Å². The standard InChI is InChI=1S/C29H38N6O5S/c1-20-21(2)41-28(33-20)34-25(37)19-35-16-11-29(12-17-35)10-5-9-24(36)30-15-18-40-23-8-4-3-7-22(23)26(38)31-13-6-14-32-27(29)39/h3-5,7-9H,6,10-19H2,1-2H3,(H,30,36)(H,31,38)(H,32,39)(H,33,34,37)/b9-5+. The Bertz CT molecular complexity index is 1260. The normalized spacial score (nSPS) is 19.9. The zero-order valence-electron chi connectivity index (χ0n) is 23.6. The van der Waals surface area contributed by atoms with Crippen molar-refractivity contribution in [2.75, 3.05) is 51.2 Å². The first kappa shape index (κ1) is 30.2. The lowest BCUT2D eigenvalue weighted by molar-refractivity contribution is -0.134. The van der Waals surface area contributed by atoms with Gasteiger partial charge in [0.25, 0.3) is 5.91 Å². The van der Waals surface area contributed by atoms with Gasteiger partial charge in [-0.15, -0.1) is 11.3 Å². The molecule has 4 rings (SSSR count). The maximum absolute atomic E-state index is 13.4. The summed E-state index contributed by atoms with van der Waals surface area (Å²) in [5.74, 6) is -0.296. The number of piperidine rings is 1. The summed E-state index contributed by atoms with van der Waals surface area (Å²) in [7, 11) is 0. The lowest BCUT2D eigenvalue weighted by Crippen LogP contribution is -2.50. The molecule has 2 aromatic rings. The first-order valence-electron chi connectivity index (χ1n) is 13.9. The molecular formula is C29H38N6O5S. The fraction of sp³-hybridized carbons (Fsp3) is 0.483. The third-order valence-corrected chi connectivity index (χ3v) is 8.42. The molecule has 220 valence electrons. The quantitative estimate of drug-likeness (QED) is 0.435. The summed E-state index contributed by atoms with van der Waals surface area (Å²) in [5, 5.41) is 12.2. The van der Waals surface area contributed by atoms with Crippen molar-refractivity contribution in [1.82, 2.24) is 25.8 Å². The number of fused-ring (bicyclic) bond motifs is 1. The molecule has 1 aromatic heterocycles. The van der Waals surface area contributed by atoms with E-state index in [0.29, 0.717) is 68.3 Å². The Kier molecular flexibility index (Phi) is 10.5. The number of carbonyl (C=O) groups is 4. The van der Waals surface area contributed by atoms with Crippen molar-refractivity contribution in [2.45, 2.75) is 39.5 Å². The highest BCUT2D eigenvalue weighted by atomic mass is 32.1. The monoisotopic (exact) mass is 582 g/mol. The van der Waals surface area contributed by atoms with Crippen LogP contribution in [0.3, 0.4) is 0 Å². The number of aryl methyl sites for hydroxylation is 2. The number of thiazole rings is 1. The van der Waals surface area contributed by atoms with E-state index in [2.05, 4.69) is 26.3 Å². The largest absolute Gasteiger partial charge is 0.491 e. The second-order valence-corrected chi connectivity index (χ2v) is 11.6. The molecular weight excluding hydrogens is 544 g/mol. The number of nitrogens with one attached hydrogen (secondary N) is 4. The molecule has 2 aliphatic rings. The Balaban J connectivity index is 1.36. The highest BCUT2D eigenvalue weighted by molar-refractivity contribution is 7.15. The second-order valence-electron chi connectivity index (χ2n) is 10.4. The van der Waals surface area contributed by atoms with Crippen molar-refractivity contribution < 1.29 is 23.9 Å². The molecule has 4 amide bonds. The van der Waals surface area contributed by atoms with Crippen LogP contribution in [0, 0.1) is 19.3 Å². The van der Waals surface area contributed by atoms with Crippen molar-refractivity contribution in [3.05, 3.63) is 52.6 Å². The van der Waals surface area contributed by atoms with E-state index in [1.807, 2.05) is 18.7 Å². The Morgan fingerprint density at radius 2 is 1.83 bits per heavy atom. The third-order valence-electron chi connectivity index (χ3n) is 7.43. The summed E-state index contributed by atoms with van der Waals surface area (Å²) < 4.78 is 5.74. The van der Waals surface area contributed by atoms with Crippen LogP contribution in [-0.2, 0) is 14.4 Å². The summed E-state index contributed by atoms with van der Waals surface area (Å²) in [5.41, 5.74) is 0.634. The highest BCUT2D eigenvalue weighted by Crippen LogP contribution is 2.36. The molecule has 0 aliphatic carbocycles. The van der Waals surface area contributed by atoms with Crippen LogP contribution in [-0.4, -0.2) is 79.4 Å². The average molecular weight is 583 g/mol. The van der Waals surface area contributed by atoms with Crippen molar-refractivity contribution in [3.8, 4) is 5.75 Å². The van der Waals surface area contributed by atoms with Gasteiger partial charge in [-0.25, -0.2) is 4.98 Å². The van der Waals surface area contributed by atoms with E-state index in [9.17, 15) is 19.2 Å². The van der Waals surface area contributed by atoms with Gasteiger partial charge in [0.1, 0.15) is 12.4 Å². The number of hydrogen-bond donors (Lipinski definition) is 4. The van der Waals surface area contributed by atoms with E-state index in [0.717, 1.165) is 10.6 Å². The SMILES string of the molecule is Cc1nc(NC(=O)CN2CCC3(C/C=C/C(=O)NCCOc4ccccc4C(=O)NCCCNC3=O)CC2)sc1C. The van der Waals surface area contributed by atoms with Gasteiger partial charge >= 0.3 is 0 Å². The van der Waals surface area contributed by atoms with Crippen LogP contribution >= 0.6 is 11.3 Å². The number of ether oxygens (including phenoxy) is 1. The maximum atomic E-state index is 13.4. The number of likely N-dealkylation sites (tertiary alicyclic amines) is 1. The Morgan fingerprint density at radius 3 is 2.59 bits per heavy atom. The molecule has 0 radical (unpaired) electrons. The van der Waals surface area contributed by atoms with Crippen molar-refractivity contribution in [3.63, 3.8) is 0 Å². The van der Waals surface area contributed by atoms with Crippen LogP contribution in [0.4, 0.5) is 5.13 Å². The molecule has 1 saturated heterocycles. The summed E-state index contributed by atoms with van der Waals surface area (Å²) in [6, 6.07) is 6.95. The molecule has 0 bridgehead atoms. The number of para-hydroxylation sites is 1. The van der Waals surface area contributed by atoms with Crippen LogP contribution in [0.2, 0.25) is 0 Å². The summed E-state index contributed by atoms with van der Waals surface area (Å²) in [6.07, 6.45) is 5.28. The van der Waals surface area contributed by atoms with E-state index in [-0.39, 0.29) is 43.3 Å². The number of aromatic nitrogens is 1. The first-order chi connectivity index (χ1) is 19.8. The van der Waals surface area contributed by atoms with E-state index in [1.54, 1.807) is 30.3 Å². The molecule has 1 aromatic carbocycles. The predicted octanol–water partition coefficient (Wildman–Crippen LogP) is 2.17. The summed E-state index contributed by atoms with van der Waals surface area (Å²) >= 11 is 1.45. The molecule has 0 atom stereocenters. The van der Waals surface area contributed by atoms with Crippen molar-refractivity contribution in [2.24, 2.45) is 5.41 Å². The van der Waals surface area contributed by atoms with Gasteiger partial charge in [-0.3, -0.25) is 24.1 Å². The molecule has 3 heterocycles. The minimum atomic E-state index is -0.690. The number of hydrogen-bond acceptors (Lipinski definition) is 8. The number of benzene rings is 1. The summed E-state index contributed by atoms with van der Waals surface area (Å²) in [6.45, 7) is 6.53. The van der Waals surface area contributed by atoms with Gasteiger partial charge < -0.3 is 26.0 Å². The van der Waals surface area contributed by atoms with Crippen LogP contribution in [0.1, 0.15) is 46.6 Å². The highest BCUT2D eigenvalue weighted by Gasteiger charge is 2.40. The van der Waals surface area contributed by atoms with Crippen molar-refractivity contribution in [1.29, 1.82) is 0 Å². The number of rotatable bonds is 3. The lowest BCUT2D eigenvalue weighted by Gasteiger charge is -2.40. The smallest absolute Gasteiger partial charge is 0.255 e. The number of carbonyl (C=O) groups excluding carboxylic acids is 4. The maximum Gasteiger partial charge on any atom is 0.255 e. The molecule has 41 heavy (non-hydrogen) atoms. The van der Waals surface area contributed by atoms with E-state index >= 15 is 0 Å². The number of nitrogens with zero attached hydrogens (tertiary/aromatic N) is 2. The van der Waals surface area contributed by atoms with Crippen LogP contribution < -0.4 is 26.0 Å². The van der Waals surface area contributed by atoms with Crippen molar-refractivity contribution >= 4 is 40.1 Å². The zero-order valence-corrected chi connectivity index (χ0v) is 24.4. The Morgan fingerprint density at radius 1 is 1.07 bits per heavy atom. The lowest BCUT2D eigenvalue weighted by atomic mass is 9.74. The molecule has 1 spiro atoms. The van der Waals surface area contributed by atoms with Gasteiger partial charge in [0.05, 0.1) is 29.8 Å². The van der Waals surface area contributed by atoms with Crippen LogP contribution in [0.25, 0.3) is 0 Å². The molecule has 4 N–H and O–H groups in total. The van der Waals surface area contributed by atoms with Gasteiger partial charge in [-0.05, 0) is 70.8 Å². The van der Waals surface area contributed by atoms with Gasteiger partial charge in [0, 0.05) is 18.0 Å². The minimum Gasteiger partial charge on any atom is -0.491 e. The Hall–Kier alpha value is -3.77.